The minimum absolute atomic E-state index is 0.0673. The highest BCUT2D eigenvalue weighted by Crippen LogP contribution is 2.18. The molecular weight excluding hydrogens is 316 g/mol. The van der Waals surface area contributed by atoms with Gasteiger partial charge in [0.05, 0.1) is 6.10 Å². The summed E-state index contributed by atoms with van der Waals surface area (Å²) in [6.07, 6.45) is 0.352. The minimum atomic E-state index is -0.632. The lowest BCUT2D eigenvalue weighted by Gasteiger charge is -2.30. The van der Waals surface area contributed by atoms with Gasteiger partial charge >= 0.3 is 0 Å². The average Bonchev–Trinajstić information content (AvgIpc) is 2.58. The average molecular weight is 340 g/mol. The predicted molar refractivity (Wildman–Crippen MR) is 96.6 cm³/mol. The van der Waals surface area contributed by atoms with E-state index >= 15 is 0 Å². The van der Waals surface area contributed by atoms with Crippen molar-refractivity contribution >= 4 is 5.91 Å². The van der Waals surface area contributed by atoms with Gasteiger partial charge in [0, 0.05) is 31.7 Å². The first-order valence-electron chi connectivity index (χ1n) is 8.57. The number of amides is 1. The molecule has 0 bridgehead atoms. The van der Waals surface area contributed by atoms with E-state index in [0.717, 1.165) is 25.1 Å². The van der Waals surface area contributed by atoms with Gasteiger partial charge in [-0.15, -0.1) is 0 Å². The molecule has 3 rings (SSSR count). The van der Waals surface area contributed by atoms with E-state index in [-0.39, 0.29) is 18.2 Å². The van der Waals surface area contributed by atoms with Crippen LogP contribution in [0, 0.1) is 6.92 Å². The number of carbonyl (C=O) groups excluding carboxylic acids is 1. The first-order chi connectivity index (χ1) is 12.0. The number of aliphatic hydroxyl groups is 1. The first kappa shape index (κ1) is 17.5. The lowest BCUT2D eigenvalue weighted by Crippen LogP contribution is -2.42. The number of phenolic OH excluding ortho intramolecular Hbond substituents is 1. The zero-order valence-electron chi connectivity index (χ0n) is 14.4. The highest BCUT2D eigenvalue weighted by molar-refractivity contribution is 5.94. The number of hydrogen-bond acceptors (Lipinski definition) is 4. The molecule has 0 saturated heterocycles. The summed E-state index contributed by atoms with van der Waals surface area (Å²) >= 11 is 0. The molecule has 0 aromatic heterocycles. The molecule has 1 atom stereocenters. The largest absolute Gasteiger partial charge is 0.508 e. The summed E-state index contributed by atoms with van der Waals surface area (Å²) in [5, 5.41) is 22.6. The molecule has 5 nitrogen and oxygen atoms in total. The number of nitrogens with one attached hydrogen (secondary N) is 1. The molecule has 0 aliphatic carbocycles. The van der Waals surface area contributed by atoms with Crippen LogP contribution in [0.5, 0.6) is 5.75 Å². The van der Waals surface area contributed by atoms with Gasteiger partial charge in [-0.2, -0.15) is 0 Å². The molecule has 3 N–H and O–H groups in total. The highest BCUT2D eigenvalue weighted by atomic mass is 16.3. The van der Waals surface area contributed by atoms with Gasteiger partial charge in [-0.3, -0.25) is 9.69 Å². The number of β-amino-alcohol motifs (C(OH)–C–C–N with tert-alkyl or cyclic N) is 1. The third-order valence-electron chi connectivity index (χ3n) is 4.50. The number of fused-ring (bicyclic) bond motifs is 1. The molecule has 2 aromatic carbocycles. The van der Waals surface area contributed by atoms with Gasteiger partial charge in [-0.25, -0.2) is 0 Å². The van der Waals surface area contributed by atoms with E-state index in [2.05, 4.69) is 28.4 Å². The Morgan fingerprint density at radius 2 is 2.00 bits per heavy atom. The maximum Gasteiger partial charge on any atom is 0.251 e. The predicted octanol–water partition coefficient (Wildman–Crippen LogP) is 1.85. The van der Waals surface area contributed by atoms with Crippen LogP contribution >= 0.6 is 0 Å². The summed E-state index contributed by atoms with van der Waals surface area (Å²) in [4.78, 5) is 14.4. The van der Waals surface area contributed by atoms with E-state index in [1.807, 2.05) is 13.0 Å². The van der Waals surface area contributed by atoms with Crippen molar-refractivity contribution < 1.29 is 15.0 Å². The number of phenols is 1. The molecule has 0 radical (unpaired) electrons. The molecule has 1 heterocycles. The topological polar surface area (TPSA) is 72.8 Å². The van der Waals surface area contributed by atoms with Gasteiger partial charge < -0.3 is 15.5 Å². The molecule has 25 heavy (non-hydrogen) atoms. The van der Waals surface area contributed by atoms with Crippen LogP contribution < -0.4 is 5.32 Å². The molecule has 2 aromatic rings. The van der Waals surface area contributed by atoms with Crippen molar-refractivity contribution in [3.63, 3.8) is 0 Å². The van der Waals surface area contributed by atoms with Gasteiger partial charge in [0.1, 0.15) is 5.75 Å². The lowest BCUT2D eigenvalue weighted by atomic mass is 10.00. The number of benzene rings is 2. The van der Waals surface area contributed by atoms with Crippen molar-refractivity contribution in [3.05, 3.63) is 64.7 Å². The van der Waals surface area contributed by atoms with Crippen molar-refractivity contribution in [1.82, 2.24) is 10.2 Å². The van der Waals surface area contributed by atoms with Crippen molar-refractivity contribution in [2.24, 2.45) is 0 Å². The van der Waals surface area contributed by atoms with Crippen molar-refractivity contribution in [2.75, 3.05) is 19.6 Å². The molecule has 5 heteroatoms. The maximum atomic E-state index is 12.2. The van der Waals surface area contributed by atoms with E-state index < -0.39 is 6.10 Å². The minimum Gasteiger partial charge on any atom is -0.508 e. The van der Waals surface area contributed by atoms with Gasteiger partial charge in [0.25, 0.3) is 5.91 Å². The maximum absolute atomic E-state index is 12.2. The lowest BCUT2D eigenvalue weighted by molar-refractivity contribution is 0.0841. The van der Waals surface area contributed by atoms with E-state index in [9.17, 15) is 15.0 Å². The molecule has 1 aliphatic heterocycles. The summed E-state index contributed by atoms with van der Waals surface area (Å²) in [5.41, 5.74) is 3.90. The molecule has 0 saturated carbocycles. The van der Waals surface area contributed by atoms with Gasteiger partial charge in [0.2, 0.25) is 0 Å². The number of carbonyl (C=O) groups is 1. The van der Waals surface area contributed by atoms with Gasteiger partial charge in [0.15, 0.2) is 0 Å². The third-order valence-corrected chi connectivity index (χ3v) is 4.50. The quantitative estimate of drug-likeness (QED) is 0.777. The van der Waals surface area contributed by atoms with Crippen LogP contribution in [0.25, 0.3) is 0 Å². The monoisotopic (exact) mass is 340 g/mol. The van der Waals surface area contributed by atoms with Gasteiger partial charge in [-0.1, -0.05) is 24.3 Å². The SMILES string of the molecule is Cc1cc(O)cc(C(=O)NCC(O)CN2CCc3ccccc3C2)c1. The fourth-order valence-electron chi connectivity index (χ4n) is 3.28. The summed E-state index contributed by atoms with van der Waals surface area (Å²) in [7, 11) is 0. The Balaban J connectivity index is 1.50. The molecular formula is C20H24N2O3. The zero-order valence-corrected chi connectivity index (χ0v) is 14.4. The summed E-state index contributed by atoms with van der Waals surface area (Å²) in [6, 6.07) is 13.1. The second-order valence-electron chi connectivity index (χ2n) is 6.67. The third kappa shape index (κ3) is 4.59. The molecule has 132 valence electrons. The van der Waals surface area contributed by atoms with Crippen LogP contribution in [-0.2, 0) is 13.0 Å². The Kier molecular flexibility index (Phi) is 5.36. The smallest absolute Gasteiger partial charge is 0.251 e. The van der Waals surface area contributed by atoms with Crippen molar-refractivity contribution in [1.29, 1.82) is 0 Å². The van der Waals surface area contributed by atoms with E-state index in [4.69, 9.17) is 0 Å². The Morgan fingerprint density at radius 3 is 2.76 bits per heavy atom. The Bertz CT molecular complexity index is 740. The second kappa shape index (κ2) is 7.68. The number of nitrogens with zero attached hydrogens (tertiary/aromatic N) is 1. The number of aryl methyl sites for hydroxylation is 1. The molecule has 1 unspecified atom stereocenters. The molecule has 0 fully saturated rings. The zero-order chi connectivity index (χ0) is 17.8. The van der Waals surface area contributed by atoms with Gasteiger partial charge in [-0.05, 0) is 48.2 Å². The summed E-state index contributed by atoms with van der Waals surface area (Å²) < 4.78 is 0. The van der Waals surface area contributed by atoms with Crippen LogP contribution in [0.4, 0.5) is 0 Å². The van der Waals surface area contributed by atoms with Crippen LogP contribution in [0.1, 0.15) is 27.0 Å². The van der Waals surface area contributed by atoms with Crippen LogP contribution in [0.15, 0.2) is 42.5 Å². The fraction of sp³-hybridized carbons (Fsp3) is 0.350. The standard InChI is InChI=1S/C20H24N2O3/c1-14-8-17(10-18(23)9-14)20(25)21-11-19(24)13-22-7-6-15-4-2-3-5-16(15)12-22/h2-5,8-10,19,23-24H,6-7,11-13H2,1H3,(H,21,25). The highest BCUT2D eigenvalue weighted by Gasteiger charge is 2.19. The van der Waals surface area contributed by atoms with Crippen LogP contribution in [0.3, 0.4) is 0 Å². The number of aliphatic hydroxyl groups excluding tert-OH is 1. The summed E-state index contributed by atoms with van der Waals surface area (Å²) in [5.74, 6) is -0.222. The van der Waals surface area contributed by atoms with E-state index in [1.54, 1.807) is 12.1 Å². The number of aromatic hydroxyl groups is 1. The molecule has 1 amide bonds. The van der Waals surface area contributed by atoms with E-state index in [0.29, 0.717) is 12.1 Å². The van der Waals surface area contributed by atoms with Crippen LogP contribution in [0.2, 0.25) is 0 Å². The summed E-state index contributed by atoms with van der Waals surface area (Å²) in [6.45, 7) is 4.26. The van der Waals surface area contributed by atoms with Crippen LogP contribution in [-0.4, -0.2) is 46.8 Å². The molecule has 1 aliphatic rings. The van der Waals surface area contributed by atoms with Crippen molar-refractivity contribution in [2.45, 2.75) is 26.0 Å². The Labute approximate surface area is 147 Å². The molecule has 0 spiro atoms. The Hall–Kier alpha value is -2.37. The second-order valence-corrected chi connectivity index (χ2v) is 6.67. The number of hydrogen-bond donors (Lipinski definition) is 3. The Morgan fingerprint density at radius 1 is 1.24 bits per heavy atom. The van der Waals surface area contributed by atoms with E-state index in [1.165, 1.54) is 17.2 Å². The number of rotatable bonds is 5. The first-order valence-corrected chi connectivity index (χ1v) is 8.57. The van der Waals surface area contributed by atoms with Crippen molar-refractivity contribution in [3.8, 4) is 5.75 Å². The fourth-order valence-corrected chi connectivity index (χ4v) is 3.28. The normalized spacial score (nSPS) is 15.4.